The molecule has 0 unspecified atom stereocenters. The lowest BCUT2D eigenvalue weighted by Crippen LogP contribution is -1.84. The van der Waals surface area contributed by atoms with Gasteiger partial charge in [0, 0.05) is 0 Å². The number of aliphatic hydroxyl groups is 1. The van der Waals surface area contributed by atoms with E-state index in [0.717, 1.165) is 5.56 Å². The molecule has 0 spiro atoms. The Morgan fingerprint density at radius 1 is 1.46 bits per heavy atom. The molecule has 0 aliphatic carbocycles. The highest BCUT2D eigenvalue weighted by molar-refractivity contribution is 5.55. The van der Waals surface area contributed by atoms with E-state index in [0.29, 0.717) is 5.75 Å². The Balaban J connectivity index is 2.92. The van der Waals surface area contributed by atoms with Crippen LogP contribution in [0.25, 0.3) is 6.08 Å². The molecule has 0 saturated carbocycles. The number of hydrogen-bond donors (Lipinski definition) is 2. The SMILES string of the molecule is COc1cc(/C=C/CO)ccc1O. The molecule has 3 heteroatoms. The van der Waals surface area contributed by atoms with Gasteiger partial charge < -0.3 is 14.9 Å². The summed E-state index contributed by atoms with van der Waals surface area (Å²) in [7, 11) is 1.49. The Kier molecular flexibility index (Phi) is 3.34. The predicted octanol–water partition coefficient (Wildman–Crippen LogP) is 1.41. The van der Waals surface area contributed by atoms with Gasteiger partial charge >= 0.3 is 0 Å². The summed E-state index contributed by atoms with van der Waals surface area (Å²) in [6.07, 6.45) is 3.37. The maximum atomic E-state index is 9.26. The number of methoxy groups -OCH3 is 1. The number of aromatic hydroxyl groups is 1. The zero-order chi connectivity index (χ0) is 9.68. The highest BCUT2D eigenvalue weighted by atomic mass is 16.5. The van der Waals surface area contributed by atoms with Gasteiger partial charge in [0.2, 0.25) is 0 Å². The van der Waals surface area contributed by atoms with E-state index in [4.69, 9.17) is 9.84 Å². The first-order valence-corrected chi connectivity index (χ1v) is 3.92. The van der Waals surface area contributed by atoms with Crippen LogP contribution in [0.15, 0.2) is 24.3 Å². The lowest BCUT2D eigenvalue weighted by atomic mass is 10.2. The summed E-state index contributed by atoms with van der Waals surface area (Å²) >= 11 is 0. The van der Waals surface area contributed by atoms with E-state index in [1.165, 1.54) is 7.11 Å². The molecule has 13 heavy (non-hydrogen) atoms. The third-order valence-corrected chi connectivity index (χ3v) is 1.62. The number of benzene rings is 1. The highest BCUT2D eigenvalue weighted by Gasteiger charge is 1.99. The van der Waals surface area contributed by atoms with Crippen LogP contribution >= 0.6 is 0 Å². The van der Waals surface area contributed by atoms with E-state index < -0.39 is 0 Å². The largest absolute Gasteiger partial charge is 0.504 e. The van der Waals surface area contributed by atoms with Crippen LogP contribution in [0, 0.1) is 0 Å². The second kappa shape index (κ2) is 4.52. The van der Waals surface area contributed by atoms with Crippen LogP contribution in [0.4, 0.5) is 0 Å². The van der Waals surface area contributed by atoms with Gasteiger partial charge in [-0.1, -0.05) is 18.2 Å². The normalized spacial score (nSPS) is 10.6. The van der Waals surface area contributed by atoms with Crippen LogP contribution in [-0.2, 0) is 0 Å². The average molecular weight is 180 g/mol. The summed E-state index contributed by atoms with van der Waals surface area (Å²) in [4.78, 5) is 0. The first kappa shape index (κ1) is 9.61. The summed E-state index contributed by atoms with van der Waals surface area (Å²) in [6, 6.07) is 4.99. The van der Waals surface area contributed by atoms with Gasteiger partial charge in [0.1, 0.15) is 0 Å². The summed E-state index contributed by atoms with van der Waals surface area (Å²) < 4.78 is 4.92. The molecule has 0 aliphatic heterocycles. The molecule has 1 rings (SSSR count). The molecule has 0 saturated heterocycles. The Bertz CT molecular complexity index is 305. The van der Waals surface area contributed by atoms with Gasteiger partial charge in [0.25, 0.3) is 0 Å². The summed E-state index contributed by atoms with van der Waals surface area (Å²) in [6.45, 7) is 0.00317. The van der Waals surface area contributed by atoms with E-state index in [1.54, 1.807) is 30.4 Å². The average Bonchev–Trinajstić information content (AvgIpc) is 2.16. The number of phenols is 1. The number of rotatable bonds is 3. The molecule has 1 aromatic rings. The smallest absolute Gasteiger partial charge is 0.161 e. The minimum atomic E-state index is 0.00317. The highest BCUT2D eigenvalue weighted by Crippen LogP contribution is 2.26. The lowest BCUT2D eigenvalue weighted by molar-refractivity contribution is 0.343. The zero-order valence-electron chi connectivity index (χ0n) is 7.40. The van der Waals surface area contributed by atoms with Crippen molar-refractivity contribution >= 4 is 6.08 Å². The lowest BCUT2D eigenvalue weighted by Gasteiger charge is -2.03. The Labute approximate surface area is 76.9 Å². The summed E-state index contributed by atoms with van der Waals surface area (Å²) in [5.41, 5.74) is 0.878. The molecule has 0 fully saturated rings. The molecule has 0 amide bonds. The van der Waals surface area contributed by atoms with Crippen LogP contribution in [0.5, 0.6) is 11.5 Å². The van der Waals surface area contributed by atoms with E-state index in [9.17, 15) is 5.11 Å². The van der Waals surface area contributed by atoms with Crippen LogP contribution in [0.2, 0.25) is 0 Å². The van der Waals surface area contributed by atoms with Gasteiger partial charge in [-0.3, -0.25) is 0 Å². The van der Waals surface area contributed by atoms with Gasteiger partial charge in [-0.25, -0.2) is 0 Å². The van der Waals surface area contributed by atoms with Crippen LogP contribution < -0.4 is 4.74 Å². The summed E-state index contributed by atoms with van der Waals surface area (Å²) in [5, 5.41) is 17.8. The second-order valence-corrected chi connectivity index (χ2v) is 2.52. The molecule has 0 aromatic heterocycles. The van der Waals surface area contributed by atoms with Gasteiger partial charge in [-0.15, -0.1) is 0 Å². The third-order valence-electron chi connectivity index (χ3n) is 1.62. The topological polar surface area (TPSA) is 49.7 Å². The van der Waals surface area contributed by atoms with E-state index in [2.05, 4.69) is 0 Å². The van der Waals surface area contributed by atoms with E-state index in [1.807, 2.05) is 0 Å². The van der Waals surface area contributed by atoms with E-state index >= 15 is 0 Å². The fourth-order valence-corrected chi connectivity index (χ4v) is 0.987. The molecule has 0 aliphatic rings. The molecular formula is C10H12O3. The van der Waals surface area contributed by atoms with Crippen molar-refractivity contribution in [2.24, 2.45) is 0 Å². The maximum absolute atomic E-state index is 9.26. The Morgan fingerprint density at radius 2 is 2.23 bits per heavy atom. The zero-order valence-corrected chi connectivity index (χ0v) is 7.40. The second-order valence-electron chi connectivity index (χ2n) is 2.52. The van der Waals surface area contributed by atoms with Crippen molar-refractivity contribution in [3.63, 3.8) is 0 Å². The van der Waals surface area contributed by atoms with Crippen LogP contribution in [0.3, 0.4) is 0 Å². The predicted molar refractivity (Wildman–Crippen MR) is 50.8 cm³/mol. The quantitative estimate of drug-likeness (QED) is 0.739. The molecule has 0 heterocycles. The Morgan fingerprint density at radius 3 is 2.85 bits per heavy atom. The first-order chi connectivity index (χ1) is 6.27. The number of ether oxygens (including phenoxy) is 1. The van der Waals surface area contributed by atoms with Crippen molar-refractivity contribution in [1.82, 2.24) is 0 Å². The number of aliphatic hydroxyl groups excluding tert-OH is 1. The minimum absolute atomic E-state index is 0.00317. The standard InChI is InChI=1S/C10H12O3/c1-13-10-7-8(3-2-6-11)4-5-9(10)12/h2-5,7,11-12H,6H2,1H3/b3-2+. The van der Waals surface area contributed by atoms with Crippen LogP contribution in [0.1, 0.15) is 5.56 Å². The summed E-state index contributed by atoms with van der Waals surface area (Å²) in [5.74, 6) is 0.545. The number of phenolic OH excluding ortho intramolecular Hbond substituents is 1. The van der Waals surface area contributed by atoms with Crippen molar-refractivity contribution in [3.8, 4) is 11.5 Å². The fourth-order valence-electron chi connectivity index (χ4n) is 0.987. The maximum Gasteiger partial charge on any atom is 0.161 e. The third kappa shape index (κ3) is 2.49. The van der Waals surface area contributed by atoms with Gasteiger partial charge in [0.05, 0.1) is 13.7 Å². The fraction of sp³-hybridized carbons (Fsp3) is 0.200. The monoisotopic (exact) mass is 180 g/mol. The van der Waals surface area contributed by atoms with E-state index in [-0.39, 0.29) is 12.4 Å². The Hall–Kier alpha value is -1.48. The van der Waals surface area contributed by atoms with Crippen molar-refractivity contribution in [2.75, 3.05) is 13.7 Å². The molecule has 1 aromatic carbocycles. The van der Waals surface area contributed by atoms with Crippen LogP contribution in [-0.4, -0.2) is 23.9 Å². The van der Waals surface area contributed by atoms with Crippen molar-refractivity contribution < 1.29 is 14.9 Å². The molecule has 2 N–H and O–H groups in total. The molecule has 0 atom stereocenters. The molecule has 0 radical (unpaired) electrons. The van der Waals surface area contributed by atoms with Gasteiger partial charge in [-0.05, 0) is 17.7 Å². The van der Waals surface area contributed by atoms with Gasteiger partial charge in [0.15, 0.2) is 11.5 Å². The number of hydrogen-bond acceptors (Lipinski definition) is 3. The first-order valence-electron chi connectivity index (χ1n) is 3.92. The van der Waals surface area contributed by atoms with Crippen molar-refractivity contribution in [2.45, 2.75) is 0 Å². The molecule has 70 valence electrons. The van der Waals surface area contributed by atoms with Gasteiger partial charge in [-0.2, -0.15) is 0 Å². The molecular weight excluding hydrogens is 168 g/mol. The molecule has 0 bridgehead atoms. The molecule has 3 nitrogen and oxygen atoms in total. The van der Waals surface area contributed by atoms with Crippen molar-refractivity contribution in [1.29, 1.82) is 0 Å². The van der Waals surface area contributed by atoms with Crippen molar-refractivity contribution in [3.05, 3.63) is 29.8 Å². The minimum Gasteiger partial charge on any atom is -0.504 e.